The molecule has 23 heavy (non-hydrogen) atoms. The maximum absolute atomic E-state index is 4.88. The van der Waals surface area contributed by atoms with Crippen molar-refractivity contribution in [3.63, 3.8) is 0 Å². The van der Waals surface area contributed by atoms with Gasteiger partial charge in [-0.1, -0.05) is 38.2 Å². The van der Waals surface area contributed by atoms with Gasteiger partial charge >= 0.3 is 0 Å². The van der Waals surface area contributed by atoms with Gasteiger partial charge in [0.25, 0.3) is 0 Å². The van der Waals surface area contributed by atoms with Crippen LogP contribution in [0.4, 0.5) is 0 Å². The zero-order valence-corrected chi connectivity index (χ0v) is 15.0. The van der Waals surface area contributed by atoms with E-state index in [1.807, 2.05) is 5.57 Å². The molecule has 126 valence electrons. The minimum absolute atomic E-state index is 0.753. The summed E-state index contributed by atoms with van der Waals surface area (Å²) in [5.41, 5.74) is 8.45. The molecule has 0 saturated carbocycles. The molecule has 0 aromatic rings. The topological polar surface area (TPSA) is 15.6 Å². The normalized spacial score (nSPS) is 30.4. The first-order valence-electron chi connectivity index (χ1n) is 9.96. The Bertz CT molecular complexity index is 566. The van der Waals surface area contributed by atoms with Gasteiger partial charge in [0.05, 0.1) is 0 Å². The van der Waals surface area contributed by atoms with Crippen LogP contribution in [-0.4, -0.2) is 36.8 Å². The van der Waals surface area contributed by atoms with Crippen LogP contribution >= 0.6 is 0 Å². The van der Waals surface area contributed by atoms with Crippen LogP contribution in [0.5, 0.6) is 0 Å². The fourth-order valence-electron chi connectivity index (χ4n) is 5.31. The fraction of sp³-hybridized carbons (Fsp3) is 0.762. The molecule has 0 bridgehead atoms. The van der Waals surface area contributed by atoms with Crippen LogP contribution in [0.2, 0.25) is 0 Å². The summed E-state index contributed by atoms with van der Waals surface area (Å²) in [5.74, 6) is 0.753. The molecule has 2 nitrogen and oxygen atoms in total. The largest absolute Gasteiger partial charge is 0.299 e. The first-order chi connectivity index (χ1) is 11.3. The van der Waals surface area contributed by atoms with E-state index in [0.29, 0.717) is 0 Å². The van der Waals surface area contributed by atoms with Crippen LogP contribution in [0.1, 0.15) is 71.1 Å². The molecule has 0 saturated heterocycles. The van der Waals surface area contributed by atoms with Crippen molar-refractivity contribution in [2.24, 2.45) is 10.9 Å². The van der Waals surface area contributed by atoms with Gasteiger partial charge in [0.2, 0.25) is 0 Å². The van der Waals surface area contributed by atoms with Gasteiger partial charge in [-0.3, -0.25) is 9.89 Å². The van der Waals surface area contributed by atoms with Gasteiger partial charge in [-0.15, -0.1) is 0 Å². The Morgan fingerprint density at radius 2 is 2.00 bits per heavy atom. The monoisotopic (exact) mass is 312 g/mol. The van der Waals surface area contributed by atoms with E-state index in [1.165, 1.54) is 76.5 Å². The Morgan fingerprint density at radius 1 is 1.09 bits per heavy atom. The number of unbranched alkanes of at least 4 members (excludes halogenated alkanes) is 3. The molecule has 4 aliphatic rings. The molecule has 2 atom stereocenters. The number of hydrogen-bond donors (Lipinski definition) is 0. The summed E-state index contributed by atoms with van der Waals surface area (Å²) in [4.78, 5) is 7.54. The van der Waals surface area contributed by atoms with Crippen LogP contribution in [-0.2, 0) is 0 Å². The molecule has 2 aliphatic carbocycles. The molecule has 4 rings (SSSR count). The first kappa shape index (κ1) is 15.6. The van der Waals surface area contributed by atoms with E-state index in [2.05, 4.69) is 18.9 Å². The van der Waals surface area contributed by atoms with E-state index in [-0.39, 0.29) is 0 Å². The van der Waals surface area contributed by atoms with Gasteiger partial charge in [-0.05, 0) is 62.3 Å². The summed E-state index contributed by atoms with van der Waals surface area (Å²) in [6.07, 6.45) is 13.5. The predicted octanol–water partition coefficient (Wildman–Crippen LogP) is 4.91. The summed E-state index contributed by atoms with van der Waals surface area (Å²) in [5, 5.41) is 0. The summed E-state index contributed by atoms with van der Waals surface area (Å²) in [6.45, 7) is 4.59. The highest BCUT2D eigenvalue weighted by atomic mass is 15.1. The molecule has 0 N–H and O–H groups in total. The molecule has 2 heterocycles. The van der Waals surface area contributed by atoms with Gasteiger partial charge in [-0.25, -0.2) is 0 Å². The summed E-state index contributed by atoms with van der Waals surface area (Å²) >= 11 is 0. The first-order valence-corrected chi connectivity index (χ1v) is 9.96. The Hall–Kier alpha value is -0.890. The number of likely N-dealkylation sites (N-methyl/N-ethyl adjacent to an activating group) is 1. The molecule has 2 heteroatoms. The van der Waals surface area contributed by atoms with Gasteiger partial charge in [-0.2, -0.15) is 0 Å². The van der Waals surface area contributed by atoms with Crippen molar-refractivity contribution in [1.29, 1.82) is 0 Å². The summed E-state index contributed by atoms with van der Waals surface area (Å²) < 4.78 is 0. The zero-order valence-electron chi connectivity index (χ0n) is 15.0. The van der Waals surface area contributed by atoms with E-state index < -0.39 is 0 Å². The van der Waals surface area contributed by atoms with Crippen LogP contribution in [0.3, 0.4) is 0 Å². The van der Waals surface area contributed by atoms with Gasteiger partial charge in [0, 0.05) is 30.8 Å². The molecule has 0 radical (unpaired) electrons. The minimum Gasteiger partial charge on any atom is -0.299 e. The Balaban J connectivity index is 1.51. The second-order valence-corrected chi connectivity index (χ2v) is 8.14. The quantitative estimate of drug-likeness (QED) is 0.658. The van der Waals surface area contributed by atoms with E-state index in [0.717, 1.165) is 18.5 Å². The van der Waals surface area contributed by atoms with Crippen molar-refractivity contribution in [3.8, 4) is 0 Å². The van der Waals surface area contributed by atoms with Gasteiger partial charge in [0.1, 0.15) is 0 Å². The number of aliphatic imine (C=N–C) groups is 1. The second kappa shape index (κ2) is 6.55. The van der Waals surface area contributed by atoms with Crippen molar-refractivity contribution >= 4 is 5.71 Å². The maximum atomic E-state index is 4.88. The lowest BCUT2D eigenvalue weighted by Crippen LogP contribution is -2.40. The molecule has 0 aromatic carbocycles. The fourth-order valence-corrected chi connectivity index (χ4v) is 5.31. The van der Waals surface area contributed by atoms with Crippen molar-refractivity contribution in [1.82, 2.24) is 4.90 Å². The third-order valence-electron chi connectivity index (χ3n) is 6.57. The zero-order chi connectivity index (χ0) is 15.8. The standard InChI is InChI=1S/C21H32N2/c1-3-4-5-6-8-17-12-15-11-16-13-22-20-10-7-9-18(21(16)20)19(15)14-23(17)2/h16-17H,3-14H2,1-2H3. The highest BCUT2D eigenvalue weighted by Crippen LogP contribution is 2.47. The second-order valence-electron chi connectivity index (χ2n) is 8.14. The van der Waals surface area contributed by atoms with E-state index >= 15 is 0 Å². The Kier molecular flexibility index (Phi) is 4.45. The summed E-state index contributed by atoms with van der Waals surface area (Å²) in [7, 11) is 2.36. The van der Waals surface area contributed by atoms with Crippen molar-refractivity contribution in [2.75, 3.05) is 20.1 Å². The maximum Gasteiger partial charge on any atom is 0.0465 e. The van der Waals surface area contributed by atoms with Gasteiger partial charge < -0.3 is 0 Å². The van der Waals surface area contributed by atoms with Gasteiger partial charge in [0.15, 0.2) is 0 Å². The predicted molar refractivity (Wildman–Crippen MR) is 98.1 cm³/mol. The molecule has 0 amide bonds. The number of rotatable bonds is 5. The van der Waals surface area contributed by atoms with Crippen molar-refractivity contribution in [3.05, 3.63) is 22.3 Å². The summed E-state index contributed by atoms with van der Waals surface area (Å²) in [6, 6.07) is 0.790. The molecule has 2 unspecified atom stereocenters. The SMILES string of the molecule is CCCCCCC1CC2=C(CN1C)C1=C3C(=NCC3C2)CCC1. The van der Waals surface area contributed by atoms with Crippen LogP contribution in [0.15, 0.2) is 27.3 Å². The van der Waals surface area contributed by atoms with E-state index in [1.54, 1.807) is 16.7 Å². The lowest BCUT2D eigenvalue weighted by molar-refractivity contribution is 0.221. The van der Waals surface area contributed by atoms with E-state index in [4.69, 9.17) is 4.99 Å². The molecule has 0 aromatic heterocycles. The molecule has 0 spiro atoms. The highest BCUT2D eigenvalue weighted by Gasteiger charge is 2.39. The van der Waals surface area contributed by atoms with Crippen molar-refractivity contribution in [2.45, 2.75) is 77.2 Å². The Labute approximate surface area is 141 Å². The number of nitrogens with zero attached hydrogens (tertiary/aromatic N) is 2. The molecule has 0 fully saturated rings. The van der Waals surface area contributed by atoms with Crippen LogP contribution < -0.4 is 0 Å². The van der Waals surface area contributed by atoms with Crippen molar-refractivity contribution < 1.29 is 0 Å². The minimum atomic E-state index is 0.753. The van der Waals surface area contributed by atoms with Crippen LogP contribution in [0.25, 0.3) is 0 Å². The van der Waals surface area contributed by atoms with E-state index in [9.17, 15) is 0 Å². The Morgan fingerprint density at radius 3 is 2.87 bits per heavy atom. The number of hydrogen-bond acceptors (Lipinski definition) is 2. The average Bonchev–Trinajstić information content (AvgIpc) is 2.97. The average molecular weight is 313 g/mol. The third kappa shape index (κ3) is 2.84. The highest BCUT2D eigenvalue weighted by molar-refractivity contribution is 6.04. The third-order valence-corrected chi connectivity index (χ3v) is 6.57. The lowest BCUT2D eigenvalue weighted by Gasteiger charge is -2.41. The molecule has 2 aliphatic heterocycles. The smallest absolute Gasteiger partial charge is 0.0465 e. The molecular weight excluding hydrogens is 280 g/mol. The number of fused-ring (bicyclic) bond motifs is 1. The molecular formula is C21H32N2. The van der Waals surface area contributed by atoms with Crippen LogP contribution in [0, 0.1) is 5.92 Å². The lowest BCUT2D eigenvalue weighted by atomic mass is 9.71.